The Balaban J connectivity index is 2.01. The molecular weight excluding hydrogens is 194 g/mol. The maximum Gasteiger partial charge on any atom is 0.230 e. The zero-order valence-corrected chi connectivity index (χ0v) is 8.14. The van der Waals surface area contributed by atoms with Crippen LogP contribution in [0.15, 0.2) is 18.5 Å². The van der Waals surface area contributed by atoms with Gasteiger partial charge in [0.25, 0.3) is 0 Å². The number of carbonyl (C=O) groups excluding carboxylic acids is 2. The molecule has 0 aromatic carbocycles. The summed E-state index contributed by atoms with van der Waals surface area (Å²) in [5, 5.41) is 9.74. The van der Waals surface area contributed by atoms with E-state index in [4.69, 9.17) is 0 Å². The first-order valence-electron chi connectivity index (χ1n) is 4.85. The molecule has 0 radical (unpaired) electrons. The molecule has 0 aliphatic carbocycles. The van der Waals surface area contributed by atoms with Crippen molar-refractivity contribution in [1.82, 2.24) is 15.5 Å². The van der Waals surface area contributed by atoms with Gasteiger partial charge < -0.3 is 0 Å². The second-order valence-corrected chi connectivity index (χ2v) is 3.60. The van der Waals surface area contributed by atoms with Crippen LogP contribution in [0.2, 0.25) is 0 Å². The fourth-order valence-corrected chi connectivity index (χ4v) is 1.66. The van der Waals surface area contributed by atoms with E-state index in [1.807, 2.05) is 6.07 Å². The molecule has 5 heteroatoms. The largest absolute Gasteiger partial charge is 0.296 e. The molecule has 0 saturated carbocycles. The van der Waals surface area contributed by atoms with Crippen LogP contribution in [0.5, 0.6) is 0 Å². The minimum atomic E-state index is -0.178. The lowest BCUT2D eigenvalue weighted by atomic mass is 9.92. The van der Waals surface area contributed by atoms with Crippen molar-refractivity contribution in [2.45, 2.75) is 19.3 Å². The van der Waals surface area contributed by atoms with Gasteiger partial charge in [0.1, 0.15) is 0 Å². The Morgan fingerprint density at radius 3 is 2.93 bits per heavy atom. The number of rotatable bonds is 2. The van der Waals surface area contributed by atoms with E-state index in [2.05, 4.69) is 15.5 Å². The van der Waals surface area contributed by atoms with Gasteiger partial charge in [-0.25, -0.2) is 0 Å². The van der Waals surface area contributed by atoms with Crippen LogP contribution < -0.4 is 5.32 Å². The average Bonchev–Trinajstić information content (AvgIpc) is 2.24. The van der Waals surface area contributed by atoms with Gasteiger partial charge >= 0.3 is 0 Å². The Labute approximate surface area is 86.9 Å². The topological polar surface area (TPSA) is 72.0 Å². The highest BCUT2D eigenvalue weighted by Gasteiger charge is 2.26. The van der Waals surface area contributed by atoms with E-state index >= 15 is 0 Å². The summed E-state index contributed by atoms with van der Waals surface area (Å²) in [4.78, 5) is 22.4. The summed E-state index contributed by atoms with van der Waals surface area (Å²) in [6.07, 6.45) is 4.90. The Hall–Kier alpha value is -1.78. The first-order valence-corrected chi connectivity index (χ1v) is 4.85. The van der Waals surface area contributed by atoms with E-state index in [9.17, 15) is 9.59 Å². The molecule has 1 atom stereocenters. The van der Waals surface area contributed by atoms with Crippen molar-refractivity contribution in [3.05, 3.63) is 24.0 Å². The average molecular weight is 205 g/mol. The van der Waals surface area contributed by atoms with Crippen LogP contribution in [0.3, 0.4) is 0 Å². The lowest BCUT2D eigenvalue weighted by Crippen LogP contribution is -2.41. The van der Waals surface area contributed by atoms with Crippen molar-refractivity contribution in [3.63, 3.8) is 0 Å². The van der Waals surface area contributed by atoms with Crippen molar-refractivity contribution in [2.75, 3.05) is 0 Å². The Morgan fingerprint density at radius 1 is 1.40 bits per heavy atom. The van der Waals surface area contributed by atoms with Crippen LogP contribution in [-0.4, -0.2) is 22.0 Å². The number of piperidine rings is 1. The van der Waals surface area contributed by atoms with E-state index in [1.165, 1.54) is 0 Å². The standard InChI is InChI=1S/C10H11N3O2/c14-9-2-1-8(10(15)13-9)5-7-3-4-11-12-6-7/h3-4,6,8H,1-2,5H2,(H,13,14,15). The Morgan fingerprint density at radius 2 is 2.27 bits per heavy atom. The normalized spacial score (nSPS) is 21.2. The van der Waals surface area contributed by atoms with Crippen molar-refractivity contribution in [3.8, 4) is 0 Å². The highest BCUT2D eigenvalue weighted by atomic mass is 16.2. The number of imide groups is 1. The maximum absolute atomic E-state index is 11.4. The van der Waals surface area contributed by atoms with Gasteiger partial charge in [-0.15, -0.1) is 0 Å². The molecule has 5 nitrogen and oxygen atoms in total. The van der Waals surface area contributed by atoms with E-state index in [0.717, 1.165) is 5.56 Å². The molecule has 1 aromatic rings. The number of amides is 2. The third kappa shape index (κ3) is 2.37. The van der Waals surface area contributed by atoms with Gasteiger partial charge in [-0.1, -0.05) is 0 Å². The SMILES string of the molecule is O=C1CCC(Cc2ccnnc2)C(=O)N1. The molecule has 1 fully saturated rings. The lowest BCUT2D eigenvalue weighted by Gasteiger charge is -2.20. The summed E-state index contributed by atoms with van der Waals surface area (Å²) in [7, 11) is 0. The third-order valence-electron chi connectivity index (χ3n) is 2.48. The van der Waals surface area contributed by atoms with Gasteiger partial charge in [-0.05, 0) is 24.5 Å². The summed E-state index contributed by atoms with van der Waals surface area (Å²) in [6.45, 7) is 0. The van der Waals surface area contributed by atoms with Crippen LogP contribution in [-0.2, 0) is 16.0 Å². The number of aromatic nitrogens is 2. The number of nitrogens with one attached hydrogen (secondary N) is 1. The van der Waals surface area contributed by atoms with Crippen LogP contribution >= 0.6 is 0 Å². The van der Waals surface area contributed by atoms with Crippen LogP contribution in [0.1, 0.15) is 18.4 Å². The zero-order chi connectivity index (χ0) is 10.7. The Bertz CT molecular complexity index is 378. The maximum atomic E-state index is 11.4. The number of hydrogen-bond donors (Lipinski definition) is 1. The predicted molar refractivity (Wildman–Crippen MR) is 51.6 cm³/mol. The second-order valence-electron chi connectivity index (χ2n) is 3.60. The van der Waals surface area contributed by atoms with Crippen molar-refractivity contribution in [1.29, 1.82) is 0 Å². The smallest absolute Gasteiger partial charge is 0.230 e. The summed E-state index contributed by atoms with van der Waals surface area (Å²) >= 11 is 0. The second kappa shape index (κ2) is 4.16. The van der Waals surface area contributed by atoms with Gasteiger partial charge in [-0.3, -0.25) is 14.9 Å². The van der Waals surface area contributed by atoms with E-state index in [0.29, 0.717) is 19.3 Å². The van der Waals surface area contributed by atoms with Crippen molar-refractivity contribution < 1.29 is 9.59 Å². The molecule has 1 N–H and O–H groups in total. The zero-order valence-electron chi connectivity index (χ0n) is 8.14. The molecule has 15 heavy (non-hydrogen) atoms. The van der Waals surface area contributed by atoms with Gasteiger partial charge in [0.15, 0.2) is 0 Å². The number of carbonyl (C=O) groups is 2. The van der Waals surface area contributed by atoms with E-state index in [-0.39, 0.29) is 17.7 Å². The van der Waals surface area contributed by atoms with Crippen molar-refractivity contribution >= 4 is 11.8 Å². The molecule has 1 saturated heterocycles. The first kappa shape index (κ1) is 9.76. The van der Waals surface area contributed by atoms with Gasteiger partial charge in [-0.2, -0.15) is 10.2 Å². The van der Waals surface area contributed by atoms with Gasteiger partial charge in [0.05, 0.1) is 6.20 Å². The van der Waals surface area contributed by atoms with Gasteiger partial charge in [0.2, 0.25) is 11.8 Å². The fraction of sp³-hybridized carbons (Fsp3) is 0.400. The first-order chi connectivity index (χ1) is 7.25. The summed E-state index contributed by atoms with van der Waals surface area (Å²) in [5.41, 5.74) is 0.972. The number of nitrogens with zero attached hydrogens (tertiary/aromatic N) is 2. The summed E-state index contributed by atoms with van der Waals surface area (Å²) in [5.74, 6) is -0.473. The fourth-order valence-electron chi connectivity index (χ4n) is 1.66. The molecule has 1 aliphatic rings. The molecule has 1 unspecified atom stereocenters. The van der Waals surface area contributed by atoms with Crippen LogP contribution in [0, 0.1) is 5.92 Å². The molecule has 2 heterocycles. The minimum absolute atomic E-state index is 0.119. The quantitative estimate of drug-likeness (QED) is 0.693. The molecule has 1 aliphatic heterocycles. The van der Waals surface area contributed by atoms with Crippen LogP contribution in [0.25, 0.3) is 0 Å². The highest BCUT2D eigenvalue weighted by Crippen LogP contribution is 2.16. The highest BCUT2D eigenvalue weighted by molar-refractivity contribution is 5.98. The molecule has 2 rings (SSSR count). The Kier molecular flexibility index (Phi) is 2.71. The number of hydrogen-bond acceptors (Lipinski definition) is 4. The molecule has 0 spiro atoms. The minimum Gasteiger partial charge on any atom is -0.296 e. The van der Waals surface area contributed by atoms with Gasteiger partial charge in [0, 0.05) is 18.5 Å². The van der Waals surface area contributed by atoms with Crippen molar-refractivity contribution in [2.24, 2.45) is 5.92 Å². The molecule has 78 valence electrons. The lowest BCUT2D eigenvalue weighted by molar-refractivity contribution is -0.136. The molecule has 0 bridgehead atoms. The molecule has 2 amide bonds. The molecular formula is C10H11N3O2. The van der Waals surface area contributed by atoms with E-state index < -0.39 is 0 Å². The van der Waals surface area contributed by atoms with Crippen LogP contribution in [0.4, 0.5) is 0 Å². The third-order valence-corrected chi connectivity index (χ3v) is 2.48. The summed E-state index contributed by atoms with van der Waals surface area (Å²) in [6, 6.07) is 1.83. The van der Waals surface area contributed by atoms with E-state index in [1.54, 1.807) is 12.4 Å². The predicted octanol–water partition coefficient (Wildman–Crippen LogP) is 0.0719. The molecule has 1 aromatic heterocycles. The summed E-state index contributed by atoms with van der Waals surface area (Å²) < 4.78 is 0. The monoisotopic (exact) mass is 205 g/mol.